The topological polar surface area (TPSA) is 85.3 Å². The molecule has 0 saturated carbocycles. The number of rotatable bonds is 3. The molecule has 0 amide bonds. The third-order valence-electron chi connectivity index (χ3n) is 6.55. The van der Waals surface area contributed by atoms with Crippen LogP contribution >= 0.6 is 0 Å². The molecule has 7 nitrogen and oxygen atoms in total. The van der Waals surface area contributed by atoms with Gasteiger partial charge in [0.2, 0.25) is 0 Å². The maximum atomic E-state index is 13.0. The summed E-state index contributed by atoms with van der Waals surface area (Å²) in [5.41, 5.74) is 3.04. The van der Waals surface area contributed by atoms with Crippen molar-refractivity contribution in [3.05, 3.63) is 107 Å². The van der Waals surface area contributed by atoms with Crippen molar-refractivity contribution in [3.8, 4) is 23.0 Å². The molecule has 4 aromatic rings. The van der Waals surface area contributed by atoms with Crippen LogP contribution in [-0.2, 0) is 15.1 Å². The molecule has 0 aliphatic carbocycles. The van der Waals surface area contributed by atoms with Gasteiger partial charge >= 0.3 is 11.9 Å². The Balaban J connectivity index is 1.54. The van der Waals surface area contributed by atoms with Crippen LogP contribution < -0.4 is 14.4 Å². The molecule has 0 aromatic heterocycles. The second kappa shape index (κ2) is 7.88. The van der Waals surface area contributed by atoms with Crippen LogP contribution in [-0.4, -0.2) is 24.1 Å². The molecule has 1 unspecified atom stereocenters. The average Bonchev–Trinajstić information content (AvgIpc) is 3.16. The van der Waals surface area contributed by atoms with E-state index in [0.717, 1.165) is 16.9 Å². The Kier molecular flexibility index (Phi) is 4.76. The fourth-order valence-electron chi connectivity index (χ4n) is 4.91. The van der Waals surface area contributed by atoms with Crippen molar-refractivity contribution in [2.45, 2.75) is 12.5 Å². The van der Waals surface area contributed by atoms with Gasteiger partial charge in [0.15, 0.2) is 5.60 Å². The van der Waals surface area contributed by atoms with Crippen LogP contribution in [0.5, 0.6) is 23.0 Å². The molecular formula is C29H21NO6. The lowest BCUT2D eigenvalue weighted by molar-refractivity contribution is -0.131. The highest BCUT2D eigenvalue weighted by Gasteiger charge is 2.53. The second-order valence-electron chi connectivity index (χ2n) is 8.73. The van der Waals surface area contributed by atoms with E-state index in [9.17, 15) is 14.7 Å². The van der Waals surface area contributed by atoms with Crippen LogP contribution in [0.4, 0.5) is 11.4 Å². The summed E-state index contributed by atoms with van der Waals surface area (Å²) in [4.78, 5) is 26.5. The summed E-state index contributed by atoms with van der Waals surface area (Å²) in [5, 5.41) is 9.65. The molecule has 2 heterocycles. The Labute approximate surface area is 207 Å². The smallest absolute Gasteiger partial charge is 0.340 e. The standard InChI is InChI=1S/C29H21NO6/c1-17(31)34-21-12-14-25-27(16-21)35-26-15-19(30(2)18-7-10-20(32)11-8-18)9-13-24(26)29(25)23-6-4-3-5-22(23)28(33)36-29/h3-16,32H,1-2H3. The van der Waals surface area contributed by atoms with Gasteiger partial charge in [-0.15, -0.1) is 0 Å². The third kappa shape index (κ3) is 3.20. The summed E-state index contributed by atoms with van der Waals surface area (Å²) in [6.07, 6.45) is 0. The number of hydrogen-bond donors (Lipinski definition) is 1. The number of ether oxygens (including phenoxy) is 3. The molecule has 7 heteroatoms. The maximum Gasteiger partial charge on any atom is 0.340 e. The lowest BCUT2D eigenvalue weighted by Gasteiger charge is -2.37. The van der Waals surface area contributed by atoms with E-state index >= 15 is 0 Å². The predicted molar refractivity (Wildman–Crippen MR) is 132 cm³/mol. The van der Waals surface area contributed by atoms with Gasteiger partial charge in [-0.3, -0.25) is 4.79 Å². The van der Waals surface area contributed by atoms with Crippen LogP contribution in [0, 0.1) is 0 Å². The number of phenols is 1. The first-order valence-electron chi connectivity index (χ1n) is 11.4. The molecule has 2 aliphatic rings. The minimum absolute atomic E-state index is 0.185. The number of fused-ring (bicyclic) bond motifs is 6. The first kappa shape index (κ1) is 21.7. The fourth-order valence-corrected chi connectivity index (χ4v) is 4.91. The molecule has 2 aliphatic heterocycles. The highest BCUT2D eigenvalue weighted by Crippen LogP contribution is 2.57. The second-order valence-corrected chi connectivity index (χ2v) is 8.73. The molecule has 1 N–H and O–H groups in total. The molecule has 1 atom stereocenters. The van der Waals surface area contributed by atoms with Crippen molar-refractivity contribution in [3.63, 3.8) is 0 Å². The Bertz CT molecular complexity index is 1540. The zero-order valence-corrected chi connectivity index (χ0v) is 19.5. The van der Waals surface area contributed by atoms with Crippen molar-refractivity contribution in [2.75, 3.05) is 11.9 Å². The quantitative estimate of drug-likeness (QED) is 0.300. The molecule has 6 rings (SSSR count). The number of hydrogen-bond acceptors (Lipinski definition) is 7. The van der Waals surface area contributed by atoms with Crippen LogP contribution in [0.25, 0.3) is 0 Å². The number of nitrogens with zero attached hydrogens (tertiary/aromatic N) is 1. The number of esters is 2. The normalized spacial score (nSPS) is 16.9. The van der Waals surface area contributed by atoms with Crippen molar-refractivity contribution < 1.29 is 28.9 Å². The summed E-state index contributed by atoms with van der Waals surface area (Å²) in [5.74, 6) is 0.583. The molecule has 0 fully saturated rings. The fraction of sp³-hybridized carbons (Fsp3) is 0.103. The number of anilines is 2. The van der Waals surface area contributed by atoms with Gasteiger partial charge in [-0.05, 0) is 54.6 Å². The minimum Gasteiger partial charge on any atom is -0.508 e. The first-order valence-corrected chi connectivity index (χ1v) is 11.4. The molecule has 4 aromatic carbocycles. The largest absolute Gasteiger partial charge is 0.508 e. The zero-order valence-electron chi connectivity index (χ0n) is 19.5. The Morgan fingerprint density at radius 2 is 1.53 bits per heavy atom. The van der Waals surface area contributed by atoms with Crippen molar-refractivity contribution in [1.82, 2.24) is 0 Å². The Morgan fingerprint density at radius 3 is 2.28 bits per heavy atom. The summed E-state index contributed by atoms with van der Waals surface area (Å²) in [6, 6.07) is 25.0. The number of carbonyl (C=O) groups excluding carboxylic acids is 2. The first-order chi connectivity index (χ1) is 17.4. The summed E-state index contributed by atoms with van der Waals surface area (Å²) in [6.45, 7) is 1.33. The highest BCUT2D eigenvalue weighted by atomic mass is 16.6. The van der Waals surface area contributed by atoms with Gasteiger partial charge < -0.3 is 24.2 Å². The molecule has 36 heavy (non-hydrogen) atoms. The predicted octanol–water partition coefficient (Wildman–Crippen LogP) is 5.65. The van der Waals surface area contributed by atoms with Gasteiger partial charge in [0.1, 0.15) is 23.0 Å². The van der Waals surface area contributed by atoms with Crippen LogP contribution in [0.1, 0.15) is 34.0 Å². The van der Waals surface area contributed by atoms with Gasteiger partial charge in [-0.25, -0.2) is 4.79 Å². The lowest BCUT2D eigenvalue weighted by atomic mass is 9.77. The highest BCUT2D eigenvalue weighted by molar-refractivity contribution is 5.97. The molecule has 0 radical (unpaired) electrons. The van der Waals surface area contributed by atoms with Crippen LogP contribution in [0.3, 0.4) is 0 Å². The number of carbonyl (C=O) groups is 2. The van der Waals surface area contributed by atoms with E-state index in [0.29, 0.717) is 33.9 Å². The van der Waals surface area contributed by atoms with E-state index in [1.54, 1.807) is 42.5 Å². The lowest BCUT2D eigenvalue weighted by Crippen LogP contribution is -2.33. The van der Waals surface area contributed by atoms with Gasteiger partial charge in [-0.1, -0.05) is 18.2 Å². The number of benzene rings is 4. The summed E-state index contributed by atoms with van der Waals surface area (Å²) in [7, 11) is 1.91. The SMILES string of the molecule is CC(=O)Oc1ccc2c(c1)Oc1cc(N(C)c3ccc(O)cc3)ccc1C21OC(=O)c2ccccc21. The van der Waals surface area contributed by atoms with E-state index in [4.69, 9.17) is 14.2 Å². The molecular weight excluding hydrogens is 458 g/mol. The monoisotopic (exact) mass is 479 g/mol. The summed E-state index contributed by atoms with van der Waals surface area (Å²) < 4.78 is 17.8. The van der Waals surface area contributed by atoms with Crippen molar-refractivity contribution >= 4 is 23.3 Å². The van der Waals surface area contributed by atoms with Gasteiger partial charge in [-0.2, -0.15) is 0 Å². The Morgan fingerprint density at radius 1 is 0.861 bits per heavy atom. The Hall–Kier alpha value is -4.78. The molecule has 0 bridgehead atoms. The zero-order chi connectivity index (χ0) is 25.0. The van der Waals surface area contributed by atoms with E-state index in [-0.39, 0.29) is 5.75 Å². The van der Waals surface area contributed by atoms with Gasteiger partial charge in [0, 0.05) is 54.2 Å². The average molecular weight is 479 g/mol. The molecule has 178 valence electrons. The maximum absolute atomic E-state index is 13.0. The van der Waals surface area contributed by atoms with E-state index < -0.39 is 17.5 Å². The van der Waals surface area contributed by atoms with Crippen LogP contribution in [0.15, 0.2) is 84.9 Å². The number of phenolic OH excluding ortho intramolecular Hbond substituents is 1. The van der Waals surface area contributed by atoms with Gasteiger partial charge in [0.05, 0.1) is 5.56 Å². The number of aromatic hydroxyl groups is 1. The third-order valence-corrected chi connectivity index (χ3v) is 6.55. The molecule has 0 saturated heterocycles. The molecule has 1 spiro atoms. The van der Waals surface area contributed by atoms with Crippen molar-refractivity contribution in [2.24, 2.45) is 0 Å². The minimum atomic E-state index is -1.21. The van der Waals surface area contributed by atoms with Crippen LogP contribution in [0.2, 0.25) is 0 Å². The summed E-state index contributed by atoms with van der Waals surface area (Å²) >= 11 is 0. The van der Waals surface area contributed by atoms with Crippen molar-refractivity contribution in [1.29, 1.82) is 0 Å². The van der Waals surface area contributed by atoms with E-state index in [2.05, 4.69) is 0 Å². The van der Waals surface area contributed by atoms with Gasteiger partial charge in [0.25, 0.3) is 0 Å². The van der Waals surface area contributed by atoms with E-state index in [1.165, 1.54) is 6.92 Å². The van der Waals surface area contributed by atoms with E-state index in [1.807, 2.05) is 54.4 Å².